The maximum atomic E-state index is 12.8. The van der Waals surface area contributed by atoms with Crippen LogP contribution in [0.2, 0.25) is 0 Å². The highest BCUT2D eigenvalue weighted by Crippen LogP contribution is 2.26. The molecular formula is C23H32N2O8S. The molecule has 1 amide bonds. The van der Waals surface area contributed by atoms with E-state index in [1.165, 1.54) is 23.5 Å². The minimum absolute atomic E-state index is 0.173. The summed E-state index contributed by atoms with van der Waals surface area (Å²) in [5.74, 6) is -1.11. The Morgan fingerprint density at radius 3 is 1.94 bits per heavy atom. The van der Waals surface area contributed by atoms with Crippen LogP contribution >= 0.6 is 0 Å². The van der Waals surface area contributed by atoms with Gasteiger partial charge in [-0.2, -0.15) is 4.31 Å². The molecule has 0 aliphatic carbocycles. The molecule has 0 bridgehead atoms. The largest absolute Gasteiger partial charge is 0.497 e. The number of esters is 2. The van der Waals surface area contributed by atoms with Crippen molar-refractivity contribution in [1.29, 1.82) is 0 Å². The summed E-state index contributed by atoms with van der Waals surface area (Å²) in [5.41, 5.74) is 0. The molecule has 0 N–H and O–H groups in total. The predicted octanol–water partition coefficient (Wildman–Crippen LogP) is 1.44. The van der Waals surface area contributed by atoms with Crippen molar-refractivity contribution in [3.05, 3.63) is 24.3 Å². The first-order valence-corrected chi connectivity index (χ1v) is 13.0. The summed E-state index contributed by atoms with van der Waals surface area (Å²) in [4.78, 5) is 38.4. The number of amides is 1. The van der Waals surface area contributed by atoms with Crippen molar-refractivity contribution in [2.24, 2.45) is 11.8 Å². The Labute approximate surface area is 200 Å². The summed E-state index contributed by atoms with van der Waals surface area (Å²) in [7, 11) is -2.15. The first-order chi connectivity index (χ1) is 16.3. The molecule has 2 saturated heterocycles. The van der Waals surface area contributed by atoms with E-state index in [4.69, 9.17) is 14.2 Å². The van der Waals surface area contributed by atoms with Crippen LogP contribution in [-0.4, -0.2) is 82.0 Å². The van der Waals surface area contributed by atoms with E-state index in [1.807, 2.05) is 0 Å². The maximum Gasteiger partial charge on any atom is 0.309 e. The van der Waals surface area contributed by atoms with Gasteiger partial charge in [0.05, 0.1) is 30.4 Å². The number of likely N-dealkylation sites (tertiary alicyclic amines) is 1. The second-order valence-corrected chi connectivity index (χ2v) is 10.3. The van der Waals surface area contributed by atoms with E-state index in [1.54, 1.807) is 24.0 Å². The summed E-state index contributed by atoms with van der Waals surface area (Å²) in [6, 6.07) is 6.17. The van der Waals surface area contributed by atoms with Gasteiger partial charge >= 0.3 is 11.9 Å². The van der Waals surface area contributed by atoms with Crippen molar-refractivity contribution in [1.82, 2.24) is 9.21 Å². The van der Waals surface area contributed by atoms with Gasteiger partial charge in [0.1, 0.15) is 5.75 Å². The maximum absolute atomic E-state index is 12.8. The number of carbonyl (C=O) groups excluding carboxylic acids is 3. The van der Waals surface area contributed by atoms with E-state index < -0.39 is 21.9 Å². The summed E-state index contributed by atoms with van der Waals surface area (Å²) < 4.78 is 42.4. The van der Waals surface area contributed by atoms with Crippen LogP contribution in [0.15, 0.2) is 29.2 Å². The van der Waals surface area contributed by atoms with E-state index in [-0.39, 0.29) is 42.4 Å². The monoisotopic (exact) mass is 496 g/mol. The Hall–Kier alpha value is -2.66. The summed E-state index contributed by atoms with van der Waals surface area (Å²) in [5, 5.41) is 0. The molecule has 2 aliphatic rings. The molecule has 3 rings (SSSR count). The molecule has 34 heavy (non-hydrogen) atoms. The van der Waals surface area contributed by atoms with Crippen molar-refractivity contribution >= 4 is 27.9 Å². The number of carbonyl (C=O) groups is 3. The first-order valence-electron chi connectivity index (χ1n) is 11.5. The number of rotatable bonds is 8. The highest BCUT2D eigenvalue weighted by atomic mass is 32.2. The smallest absolute Gasteiger partial charge is 0.309 e. The van der Waals surface area contributed by atoms with Gasteiger partial charge in [0.25, 0.3) is 5.91 Å². The van der Waals surface area contributed by atoms with Crippen molar-refractivity contribution in [2.75, 3.05) is 46.5 Å². The zero-order chi connectivity index (χ0) is 24.7. The Balaban J connectivity index is 1.42. The number of hydrogen-bond acceptors (Lipinski definition) is 8. The Morgan fingerprint density at radius 1 is 0.882 bits per heavy atom. The number of piperidine rings is 2. The van der Waals surface area contributed by atoms with Crippen LogP contribution < -0.4 is 4.74 Å². The van der Waals surface area contributed by atoms with Gasteiger partial charge in [-0.1, -0.05) is 0 Å². The standard InChI is InChI=1S/C23H32N2O8S/c1-3-32-22(27)17-8-12-24(13-9-17)21(26)16-33-23(28)18-10-14-25(15-11-18)34(29,30)20-6-4-19(31-2)5-7-20/h4-7,17-18H,3,8-16H2,1-2H3. The van der Waals surface area contributed by atoms with Crippen molar-refractivity contribution in [3.8, 4) is 5.75 Å². The molecule has 2 fully saturated rings. The van der Waals surface area contributed by atoms with Gasteiger partial charge in [-0.3, -0.25) is 14.4 Å². The van der Waals surface area contributed by atoms with Gasteiger partial charge in [0, 0.05) is 26.2 Å². The molecule has 1 aromatic carbocycles. The lowest BCUT2D eigenvalue weighted by Crippen LogP contribution is -2.43. The van der Waals surface area contributed by atoms with Crippen LogP contribution in [0.25, 0.3) is 0 Å². The van der Waals surface area contributed by atoms with Gasteiger partial charge in [0.15, 0.2) is 6.61 Å². The first kappa shape index (κ1) is 26.0. The van der Waals surface area contributed by atoms with Crippen LogP contribution in [0.4, 0.5) is 0 Å². The van der Waals surface area contributed by atoms with Gasteiger partial charge in [-0.05, 0) is 56.9 Å². The Kier molecular flexibility index (Phi) is 8.90. The lowest BCUT2D eigenvalue weighted by molar-refractivity contribution is -0.158. The highest BCUT2D eigenvalue weighted by molar-refractivity contribution is 7.89. The molecule has 0 aromatic heterocycles. The summed E-state index contributed by atoms with van der Waals surface area (Å²) in [6.45, 7) is 2.97. The minimum atomic E-state index is -3.66. The van der Waals surface area contributed by atoms with Crippen molar-refractivity contribution in [2.45, 2.75) is 37.5 Å². The molecule has 0 radical (unpaired) electrons. The fraction of sp³-hybridized carbons (Fsp3) is 0.609. The number of ether oxygens (including phenoxy) is 3. The van der Waals surface area contributed by atoms with Crippen molar-refractivity contribution in [3.63, 3.8) is 0 Å². The average Bonchev–Trinajstić information content (AvgIpc) is 2.87. The van der Waals surface area contributed by atoms with E-state index in [0.29, 0.717) is 51.1 Å². The third kappa shape index (κ3) is 6.26. The molecule has 0 unspecified atom stereocenters. The van der Waals surface area contributed by atoms with Crippen LogP contribution in [0, 0.1) is 11.8 Å². The molecule has 0 spiro atoms. The third-order valence-electron chi connectivity index (χ3n) is 6.29. The molecule has 1 aromatic rings. The van der Waals surface area contributed by atoms with Crippen LogP contribution in [0.5, 0.6) is 5.75 Å². The SMILES string of the molecule is CCOC(=O)C1CCN(C(=O)COC(=O)C2CCN(S(=O)(=O)c3ccc(OC)cc3)CC2)CC1. The van der Waals surface area contributed by atoms with Gasteiger partial charge in [-0.15, -0.1) is 0 Å². The van der Waals surface area contributed by atoms with Crippen LogP contribution in [0.1, 0.15) is 32.6 Å². The van der Waals surface area contributed by atoms with E-state index >= 15 is 0 Å². The average molecular weight is 497 g/mol. The quantitative estimate of drug-likeness (QED) is 0.496. The van der Waals surface area contributed by atoms with Gasteiger partial charge in [0.2, 0.25) is 10.0 Å². The van der Waals surface area contributed by atoms with E-state index in [0.717, 1.165) is 0 Å². The van der Waals surface area contributed by atoms with E-state index in [2.05, 4.69) is 0 Å². The molecule has 188 valence electrons. The van der Waals surface area contributed by atoms with Gasteiger partial charge < -0.3 is 19.1 Å². The topological polar surface area (TPSA) is 120 Å². The third-order valence-corrected chi connectivity index (χ3v) is 8.20. The fourth-order valence-corrected chi connectivity index (χ4v) is 5.67. The number of methoxy groups -OCH3 is 1. The molecular weight excluding hydrogens is 464 g/mol. The van der Waals surface area contributed by atoms with Crippen molar-refractivity contribution < 1.29 is 37.0 Å². The lowest BCUT2D eigenvalue weighted by atomic mass is 9.97. The Morgan fingerprint density at radius 2 is 1.41 bits per heavy atom. The minimum Gasteiger partial charge on any atom is -0.497 e. The molecule has 0 atom stereocenters. The normalized spacial score (nSPS) is 18.4. The Bertz CT molecular complexity index is 963. The molecule has 10 nitrogen and oxygen atoms in total. The van der Waals surface area contributed by atoms with Crippen LogP contribution in [-0.2, 0) is 33.9 Å². The van der Waals surface area contributed by atoms with Crippen LogP contribution in [0.3, 0.4) is 0 Å². The molecule has 0 saturated carbocycles. The number of benzene rings is 1. The number of sulfonamides is 1. The summed E-state index contributed by atoms with van der Waals surface area (Å²) in [6.07, 6.45) is 1.71. The van der Waals surface area contributed by atoms with E-state index in [9.17, 15) is 22.8 Å². The summed E-state index contributed by atoms with van der Waals surface area (Å²) >= 11 is 0. The molecule has 2 heterocycles. The number of nitrogens with zero attached hydrogens (tertiary/aromatic N) is 2. The second kappa shape index (κ2) is 11.7. The zero-order valence-corrected chi connectivity index (χ0v) is 20.4. The predicted molar refractivity (Wildman–Crippen MR) is 121 cm³/mol. The number of hydrogen-bond donors (Lipinski definition) is 0. The molecule has 11 heteroatoms. The second-order valence-electron chi connectivity index (χ2n) is 8.37. The zero-order valence-electron chi connectivity index (χ0n) is 19.6. The highest BCUT2D eigenvalue weighted by Gasteiger charge is 2.34. The van der Waals surface area contributed by atoms with Gasteiger partial charge in [-0.25, -0.2) is 8.42 Å². The lowest BCUT2D eigenvalue weighted by Gasteiger charge is -2.31. The molecule has 2 aliphatic heterocycles. The fourth-order valence-electron chi connectivity index (χ4n) is 4.20.